The van der Waals surface area contributed by atoms with Gasteiger partial charge in [0.15, 0.2) is 0 Å². The van der Waals surface area contributed by atoms with Gasteiger partial charge in [-0.15, -0.1) is 0 Å². The van der Waals surface area contributed by atoms with Crippen LogP contribution in [0.2, 0.25) is 5.02 Å². The first-order valence-electron chi connectivity index (χ1n) is 3.90. The van der Waals surface area contributed by atoms with Crippen molar-refractivity contribution in [3.63, 3.8) is 0 Å². The molecular formula is C9H7ClFNO3. The molecule has 0 aliphatic rings. The first-order chi connectivity index (χ1) is 7.00. The van der Waals surface area contributed by atoms with Gasteiger partial charge in [0.1, 0.15) is 18.1 Å². The van der Waals surface area contributed by atoms with E-state index in [1.807, 2.05) is 0 Å². The van der Waals surface area contributed by atoms with Crippen LogP contribution in [-0.4, -0.2) is 28.9 Å². The maximum atomic E-state index is 12.8. The van der Waals surface area contributed by atoms with Crippen LogP contribution < -0.4 is 0 Å². The van der Waals surface area contributed by atoms with Gasteiger partial charge in [0, 0.05) is 11.8 Å². The summed E-state index contributed by atoms with van der Waals surface area (Å²) in [5.41, 5.74) is 0.0428. The van der Waals surface area contributed by atoms with Crippen molar-refractivity contribution in [2.24, 2.45) is 4.99 Å². The molecule has 0 unspecified atom stereocenters. The van der Waals surface area contributed by atoms with E-state index < -0.39 is 18.3 Å². The third kappa shape index (κ3) is 3.21. The number of halogens is 2. The lowest BCUT2D eigenvalue weighted by Crippen LogP contribution is -1.99. The molecule has 0 radical (unpaired) electrons. The molecule has 0 saturated heterocycles. The Morgan fingerprint density at radius 1 is 1.60 bits per heavy atom. The van der Waals surface area contributed by atoms with Crippen LogP contribution in [0.4, 0.5) is 4.39 Å². The number of rotatable bonds is 3. The number of carboxylic acids is 1. The topological polar surface area (TPSA) is 69.9 Å². The number of phenols is 1. The summed E-state index contributed by atoms with van der Waals surface area (Å²) in [5, 5.41) is 17.5. The highest BCUT2D eigenvalue weighted by Crippen LogP contribution is 2.27. The second-order valence-electron chi connectivity index (χ2n) is 2.69. The van der Waals surface area contributed by atoms with Crippen LogP contribution in [0, 0.1) is 5.82 Å². The highest BCUT2D eigenvalue weighted by atomic mass is 35.5. The van der Waals surface area contributed by atoms with E-state index in [1.54, 1.807) is 0 Å². The second-order valence-corrected chi connectivity index (χ2v) is 3.10. The van der Waals surface area contributed by atoms with Gasteiger partial charge in [-0.2, -0.15) is 0 Å². The van der Waals surface area contributed by atoms with Crippen LogP contribution in [0.5, 0.6) is 5.75 Å². The summed E-state index contributed by atoms with van der Waals surface area (Å²) in [6.45, 7) is -0.451. The number of aliphatic carboxylic acids is 1. The molecule has 4 nitrogen and oxygen atoms in total. The van der Waals surface area contributed by atoms with Crippen molar-refractivity contribution in [1.82, 2.24) is 0 Å². The number of carboxylic acid groups (broad SMARTS) is 1. The first-order valence-corrected chi connectivity index (χ1v) is 4.28. The zero-order chi connectivity index (χ0) is 11.4. The van der Waals surface area contributed by atoms with Crippen molar-refractivity contribution in [3.05, 3.63) is 28.5 Å². The molecule has 1 rings (SSSR count). The molecule has 80 valence electrons. The molecule has 0 fully saturated rings. The Hall–Kier alpha value is -1.62. The largest absolute Gasteiger partial charge is 0.506 e. The van der Waals surface area contributed by atoms with Gasteiger partial charge in [-0.25, -0.2) is 4.39 Å². The summed E-state index contributed by atoms with van der Waals surface area (Å²) < 4.78 is 12.8. The Kier molecular flexibility index (Phi) is 3.62. The van der Waals surface area contributed by atoms with Crippen molar-refractivity contribution < 1.29 is 19.4 Å². The van der Waals surface area contributed by atoms with Crippen molar-refractivity contribution in [2.45, 2.75) is 0 Å². The predicted molar refractivity (Wildman–Crippen MR) is 53.2 cm³/mol. The van der Waals surface area contributed by atoms with Crippen molar-refractivity contribution >= 4 is 23.8 Å². The minimum atomic E-state index is -1.12. The Bertz CT molecular complexity index is 420. The molecule has 0 aliphatic carbocycles. The van der Waals surface area contributed by atoms with Crippen LogP contribution >= 0.6 is 11.6 Å². The average Bonchev–Trinajstić information content (AvgIpc) is 2.12. The Morgan fingerprint density at radius 2 is 2.27 bits per heavy atom. The normalized spacial score (nSPS) is 10.8. The smallest absolute Gasteiger partial charge is 0.325 e. The van der Waals surface area contributed by atoms with Gasteiger partial charge < -0.3 is 10.2 Å². The van der Waals surface area contributed by atoms with Gasteiger partial charge in [-0.1, -0.05) is 11.6 Å². The molecular weight excluding hydrogens is 225 g/mol. The average molecular weight is 232 g/mol. The highest BCUT2D eigenvalue weighted by molar-refractivity contribution is 6.32. The number of aromatic hydroxyl groups is 1. The summed E-state index contributed by atoms with van der Waals surface area (Å²) in [6, 6.07) is 1.96. The van der Waals surface area contributed by atoms with Crippen LogP contribution in [0.3, 0.4) is 0 Å². The monoisotopic (exact) mass is 231 g/mol. The molecule has 0 amide bonds. The van der Waals surface area contributed by atoms with Gasteiger partial charge >= 0.3 is 5.97 Å². The fourth-order valence-corrected chi connectivity index (χ4v) is 1.12. The van der Waals surface area contributed by atoms with Crippen molar-refractivity contribution in [1.29, 1.82) is 0 Å². The fraction of sp³-hybridized carbons (Fsp3) is 0.111. The highest BCUT2D eigenvalue weighted by Gasteiger charge is 2.06. The predicted octanol–water partition coefficient (Wildman–Crippen LogP) is 1.69. The van der Waals surface area contributed by atoms with Gasteiger partial charge in [0.05, 0.1) is 5.02 Å². The molecule has 0 heterocycles. The number of nitrogens with zero attached hydrogens (tertiary/aromatic N) is 1. The number of aliphatic imine (C=N–C) groups is 1. The standard InChI is InChI=1S/C9H7ClFNO3/c10-7-2-6(11)1-5(9(7)15)3-12-4-8(13)14/h1-3,15H,4H2,(H,13,14). The van der Waals surface area contributed by atoms with Crippen LogP contribution in [0.15, 0.2) is 17.1 Å². The molecule has 0 spiro atoms. The van der Waals surface area contributed by atoms with E-state index in [2.05, 4.69) is 4.99 Å². The lowest BCUT2D eigenvalue weighted by atomic mass is 10.2. The molecule has 2 N–H and O–H groups in total. The quantitative estimate of drug-likeness (QED) is 0.778. The zero-order valence-corrected chi connectivity index (χ0v) is 8.20. The molecule has 1 aromatic rings. The summed E-state index contributed by atoms with van der Waals surface area (Å²) in [7, 11) is 0. The molecule has 0 aromatic heterocycles. The Balaban J connectivity index is 2.94. The van der Waals surface area contributed by atoms with E-state index in [4.69, 9.17) is 16.7 Å². The Morgan fingerprint density at radius 3 is 2.87 bits per heavy atom. The summed E-state index contributed by atoms with van der Waals surface area (Å²) in [4.78, 5) is 13.6. The van der Waals surface area contributed by atoms with E-state index in [0.717, 1.165) is 18.3 Å². The van der Waals surface area contributed by atoms with E-state index in [-0.39, 0.29) is 16.3 Å². The molecule has 0 bridgehead atoms. The van der Waals surface area contributed by atoms with Crippen molar-refractivity contribution in [2.75, 3.05) is 6.54 Å². The minimum Gasteiger partial charge on any atom is -0.506 e. The summed E-state index contributed by atoms with van der Waals surface area (Å²) >= 11 is 5.49. The van der Waals surface area contributed by atoms with Gasteiger partial charge in [-0.3, -0.25) is 9.79 Å². The minimum absolute atomic E-state index is 0.0428. The number of hydrogen-bond acceptors (Lipinski definition) is 3. The lowest BCUT2D eigenvalue weighted by Gasteiger charge is -2.00. The molecule has 0 atom stereocenters. The van der Waals surface area contributed by atoms with E-state index in [0.29, 0.717) is 0 Å². The molecule has 6 heteroatoms. The lowest BCUT2D eigenvalue weighted by molar-refractivity contribution is -0.135. The molecule has 0 saturated carbocycles. The fourth-order valence-electron chi connectivity index (χ4n) is 0.906. The van der Waals surface area contributed by atoms with Crippen LogP contribution in [-0.2, 0) is 4.79 Å². The van der Waals surface area contributed by atoms with Crippen molar-refractivity contribution in [3.8, 4) is 5.75 Å². The number of benzene rings is 1. The van der Waals surface area contributed by atoms with Crippen LogP contribution in [0.25, 0.3) is 0 Å². The zero-order valence-electron chi connectivity index (χ0n) is 7.44. The van der Waals surface area contributed by atoms with E-state index >= 15 is 0 Å². The third-order valence-electron chi connectivity index (χ3n) is 1.51. The van der Waals surface area contributed by atoms with Gasteiger partial charge in [-0.05, 0) is 12.1 Å². The number of hydrogen-bond donors (Lipinski definition) is 2. The third-order valence-corrected chi connectivity index (χ3v) is 1.80. The first kappa shape index (κ1) is 11.5. The number of carbonyl (C=O) groups is 1. The van der Waals surface area contributed by atoms with E-state index in [1.165, 1.54) is 0 Å². The molecule has 15 heavy (non-hydrogen) atoms. The summed E-state index contributed by atoms with van der Waals surface area (Å²) in [6.07, 6.45) is 1.05. The summed E-state index contributed by atoms with van der Waals surface area (Å²) in [5.74, 6) is -2.07. The number of phenolic OH excluding ortho intramolecular Hbond substituents is 1. The van der Waals surface area contributed by atoms with Crippen LogP contribution in [0.1, 0.15) is 5.56 Å². The van der Waals surface area contributed by atoms with Gasteiger partial charge in [0.2, 0.25) is 0 Å². The Labute approximate surface area is 89.6 Å². The molecule has 0 aliphatic heterocycles. The second kappa shape index (κ2) is 4.75. The molecule has 1 aromatic carbocycles. The van der Waals surface area contributed by atoms with E-state index in [9.17, 15) is 14.3 Å². The SMILES string of the molecule is O=C(O)CN=Cc1cc(F)cc(Cl)c1O. The maximum Gasteiger partial charge on any atom is 0.325 e. The van der Waals surface area contributed by atoms with Gasteiger partial charge in [0.25, 0.3) is 0 Å². The maximum absolute atomic E-state index is 12.8.